The van der Waals surface area contributed by atoms with Crippen molar-refractivity contribution in [2.75, 3.05) is 0 Å². The van der Waals surface area contributed by atoms with E-state index in [2.05, 4.69) is 15.9 Å². The Labute approximate surface area is 115 Å². The van der Waals surface area contributed by atoms with Gasteiger partial charge in [0.15, 0.2) is 0 Å². The van der Waals surface area contributed by atoms with Gasteiger partial charge in [0.25, 0.3) is 0 Å². The summed E-state index contributed by atoms with van der Waals surface area (Å²) in [6.45, 7) is 2.01. The van der Waals surface area contributed by atoms with E-state index in [0.29, 0.717) is 0 Å². The Kier molecular flexibility index (Phi) is 4.39. The third kappa shape index (κ3) is 3.12. The zero-order valence-corrected chi connectivity index (χ0v) is 11.7. The molecule has 0 bridgehead atoms. The third-order valence-electron chi connectivity index (χ3n) is 2.77. The van der Waals surface area contributed by atoms with Gasteiger partial charge in [0.1, 0.15) is 11.9 Å². The molecule has 0 spiro atoms. The predicted molar refractivity (Wildman–Crippen MR) is 75.5 cm³/mol. The second-order valence-electron chi connectivity index (χ2n) is 4.08. The summed E-state index contributed by atoms with van der Waals surface area (Å²) in [5.74, 6) is 0.763. The molecule has 0 aliphatic carbocycles. The second-order valence-corrected chi connectivity index (χ2v) is 4.94. The Bertz CT molecular complexity index is 511. The van der Waals surface area contributed by atoms with Crippen molar-refractivity contribution in [3.05, 3.63) is 64.1 Å². The molecule has 94 valence electrons. The van der Waals surface area contributed by atoms with Crippen molar-refractivity contribution >= 4 is 15.9 Å². The highest BCUT2D eigenvalue weighted by Gasteiger charge is 2.08. The SMILES string of the molecule is CC(Oc1ccc(Br)c(CO)c1)c1ccccc1. The Morgan fingerprint density at radius 3 is 2.56 bits per heavy atom. The van der Waals surface area contributed by atoms with Gasteiger partial charge in [-0.05, 0) is 36.2 Å². The van der Waals surface area contributed by atoms with Crippen LogP contribution in [0.15, 0.2) is 53.0 Å². The second kappa shape index (κ2) is 6.03. The van der Waals surface area contributed by atoms with Crippen molar-refractivity contribution < 1.29 is 9.84 Å². The van der Waals surface area contributed by atoms with Crippen molar-refractivity contribution in [3.63, 3.8) is 0 Å². The summed E-state index contributed by atoms with van der Waals surface area (Å²) in [6.07, 6.45) is -0.0149. The van der Waals surface area contributed by atoms with Crippen molar-refractivity contribution in [1.29, 1.82) is 0 Å². The number of hydrogen-bond donors (Lipinski definition) is 1. The Morgan fingerprint density at radius 2 is 1.89 bits per heavy atom. The van der Waals surface area contributed by atoms with E-state index in [9.17, 15) is 5.11 Å². The van der Waals surface area contributed by atoms with Crippen LogP contribution >= 0.6 is 15.9 Å². The molecule has 1 unspecified atom stereocenters. The number of aliphatic hydroxyl groups is 1. The standard InChI is InChI=1S/C15H15BrO2/c1-11(12-5-3-2-4-6-12)18-14-7-8-15(16)13(9-14)10-17/h2-9,11,17H,10H2,1H3. The van der Waals surface area contributed by atoms with E-state index in [0.717, 1.165) is 21.3 Å². The van der Waals surface area contributed by atoms with E-state index in [1.54, 1.807) is 0 Å². The molecule has 0 fully saturated rings. The molecule has 0 saturated carbocycles. The van der Waals surface area contributed by atoms with E-state index in [4.69, 9.17) is 4.74 Å². The average Bonchev–Trinajstić information content (AvgIpc) is 2.42. The van der Waals surface area contributed by atoms with Crippen LogP contribution < -0.4 is 4.74 Å². The van der Waals surface area contributed by atoms with Gasteiger partial charge < -0.3 is 9.84 Å². The third-order valence-corrected chi connectivity index (χ3v) is 3.54. The lowest BCUT2D eigenvalue weighted by Crippen LogP contribution is -2.03. The first-order valence-corrected chi connectivity index (χ1v) is 6.61. The molecule has 1 N–H and O–H groups in total. The summed E-state index contributed by atoms with van der Waals surface area (Å²) >= 11 is 3.39. The van der Waals surface area contributed by atoms with E-state index in [-0.39, 0.29) is 12.7 Å². The van der Waals surface area contributed by atoms with Gasteiger partial charge in [-0.2, -0.15) is 0 Å². The minimum Gasteiger partial charge on any atom is -0.486 e. The van der Waals surface area contributed by atoms with Crippen molar-refractivity contribution in [1.82, 2.24) is 0 Å². The quantitative estimate of drug-likeness (QED) is 0.922. The molecule has 18 heavy (non-hydrogen) atoms. The summed E-state index contributed by atoms with van der Waals surface area (Å²) < 4.78 is 6.76. The van der Waals surface area contributed by atoms with Gasteiger partial charge >= 0.3 is 0 Å². The first-order chi connectivity index (χ1) is 8.70. The molecule has 0 aliphatic rings. The zero-order chi connectivity index (χ0) is 13.0. The lowest BCUT2D eigenvalue weighted by Gasteiger charge is -2.16. The average molecular weight is 307 g/mol. The van der Waals surface area contributed by atoms with Crippen LogP contribution in [0.25, 0.3) is 0 Å². The highest BCUT2D eigenvalue weighted by Crippen LogP contribution is 2.26. The molecule has 2 rings (SSSR count). The zero-order valence-electron chi connectivity index (χ0n) is 10.1. The normalized spacial score (nSPS) is 12.2. The molecule has 0 radical (unpaired) electrons. The highest BCUT2D eigenvalue weighted by atomic mass is 79.9. The van der Waals surface area contributed by atoms with Crippen LogP contribution in [0.3, 0.4) is 0 Å². The summed E-state index contributed by atoms with van der Waals surface area (Å²) in [5.41, 5.74) is 1.96. The fraction of sp³-hybridized carbons (Fsp3) is 0.200. The molecule has 2 aromatic carbocycles. The lowest BCUT2D eigenvalue weighted by molar-refractivity contribution is 0.225. The number of hydrogen-bond acceptors (Lipinski definition) is 2. The Hall–Kier alpha value is -1.32. The monoisotopic (exact) mass is 306 g/mol. The minimum absolute atomic E-state index is 0.00248. The van der Waals surface area contributed by atoms with Gasteiger partial charge in [-0.25, -0.2) is 0 Å². The molecule has 1 atom stereocenters. The van der Waals surface area contributed by atoms with Crippen LogP contribution in [0.2, 0.25) is 0 Å². The number of rotatable bonds is 4. The molecule has 0 aromatic heterocycles. The van der Waals surface area contributed by atoms with Gasteiger partial charge in [0, 0.05) is 4.47 Å². The maximum atomic E-state index is 9.21. The molecular formula is C15H15BrO2. The topological polar surface area (TPSA) is 29.5 Å². The number of aliphatic hydroxyl groups excluding tert-OH is 1. The van der Waals surface area contributed by atoms with Crippen LogP contribution in [0.5, 0.6) is 5.75 Å². The van der Waals surface area contributed by atoms with E-state index in [1.807, 2.05) is 55.5 Å². The van der Waals surface area contributed by atoms with Gasteiger partial charge in [-0.15, -0.1) is 0 Å². The van der Waals surface area contributed by atoms with E-state index < -0.39 is 0 Å². The predicted octanol–water partition coefficient (Wildman–Crippen LogP) is 4.08. The molecule has 0 heterocycles. The first kappa shape index (κ1) is 13.1. The van der Waals surface area contributed by atoms with Crippen LogP contribution in [-0.2, 0) is 6.61 Å². The van der Waals surface area contributed by atoms with Gasteiger partial charge in [0.2, 0.25) is 0 Å². The molecule has 0 amide bonds. The summed E-state index contributed by atoms with van der Waals surface area (Å²) in [6, 6.07) is 15.7. The fourth-order valence-corrected chi connectivity index (χ4v) is 2.11. The van der Waals surface area contributed by atoms with Crippen molar-refractivity contribution in [2.45, 2.75) is 19.6 Å². The number of benzene rings is 2. The fourth-order valence-electron chi connectivity index (χ4n) is 1.74. The van der Waals surface area contributed by atoms with E-state index in [1.165, 1.54) is 0 Å². The minimum atomic E-state index is -0.0149. The molecule has 0 aliphatic heterocycles. The lowest BCUT2D eigenvalue weighted by atomic mass is 10.1. The molecule has 2 nitrogen and oxygen atoms in total. The Balaban J connectivity index is 2.14. The maximum absolute atomic E-state index is 9.21. The van der Waals surface area contributed by atoms with Gasteiger partial charge in [-0.3, -0.25) is 0 Å². The van der Waals surface area contributed by atoms with Crippen molar-refractivity contribution in [2.24, 2.45) is 0 Å². The van der Waals surface area contributed by atoms with E-state index >= 15 is 0 Å². The smallest absolute Gasteiger partial charge is 0.121 e. The molecule has 0 saturated heterocycles. The number of ether oxygens (including phenoxy) is 1. The summed E-state index contributed by atoms with van der Waals surface area (Å²) in [4.78, 5) is 0. The van der Waals surface area contributed by atoms with Gasteiger partial charge in [0.05, 0.1) is 6.61 Å². The summed E-state index contributed by atoms with van der Waals surface area (Å²) in [7, 11) is 0. The Morgan fingerprint density at radius 1 is 1.17 bits per heavy atom. The summed E-state index contributed by atoms with van der Waals surface area (Å²) in [5, 5.41) is 9.21. The number of halogens is 1. The maximum Gasteiger partial charge on any atom is 0.121 e. The van der Waals surface area contributed by atoms with Crippen LogP contribution in [0.4, 0.5) is 0 Å². The molecular weight excluding hydrogens is 292 g/mol. The molecule has 3 heteroatoms. The molecule has 2 aromatic rings. The van der Waals surface area contributed by atoms with Crippen LogP contribution in [0, 0.1) is 0 Å². The highest BCUT2D eigenvalue weighted by molar-refractivity contribution is 9.10. The van der Waals surface area contributed by atoms with Crippen molar-refractivity contribution in [3.8, 4) is 5.75 Å². The largest absolute Gasteiger partial charge is 0.486 e. The van der Waals surface area contributed by atoms with Gasteiger partial charge in [-0.1, -0.05) is 46.3 Å². The first-order valence-electron chi connectivity index (χ1n) is 5.81. The van der Waals surface area contributed by atoms with Crippen LogP contribution in [0.1, 0.15) is 24.2 Å². The van der Waals surface area contributed by atoms with Crippen LogP contribution in [-0.4, -0.2) is 5.11 Å².